The zero-order valence-corrected chi connectivity index (χ0v) is 40.4. The zero-order valence-electron chi connectivity index (χ0n) is 236. The van der Waals surface area contributed by atoms with Gasteiger partial charge in [-0.15, -0.1) is 0 Å². The number of benzene rings is 4. The fourth-order valence-corrected chi connectivity index (χ4v) is 12.9. The zero-order chi connectivity index (χ0) is 247. The van der Waals surface area contributed by atoms with Gasteiger partial charge in [-0.1, -0.05) is 94.4 Å². The molecule has 8 atom stereocenters. The minimum atomic E-state index is -1.45. The van der Waals surface area contributed by atoms with E-state index in [2.05, 4.69) is 33.5 Å². The second-order valence-corrected chi connectivity index (χ2v) is 20.3. The Labute approximate surface area is 724 Å². The Kier molecular flexibility index (Phi) is 2.02. The molecule has 4 aromatic heterocycles. The van der Waals surface area contributed by atoms with Crippen LogP contribution in [0.15, 0.2) is 133 Å². The molecule has 0 radical (unpaired) electrons. The first-order chi connectivity index (χ1) is 133. The molecular formula is C60H244F2N8O3. The molecule has 5 heterocycles. The van der Waals surface area contributed by atoms with Crippen LogP contribution in [0.1, 0.15) is 355 Å². The molecule has 0 bridgehead atoms. The third-order valence-electron chi connectivity index (χ3n) is 16.5. The van der Waals surface area contributed by atoms with Crippen LogP contribution in [0.5, 0.6) is 0 Å². The van der Waals surface area contributed by atoms with Crippen molar-refractivity contribution < 1.29 is 316 Å². The van der Waals surface area contributed by atoms with Crippen molar-refractivity contribution in [3.05, 3.63) is 190 Å². The number of fused-ring (bicyclic) bond motifs is 10. The molecule has 0 N–H and O–H groups in total. The van der Waals surface area contributed by atoms with Gasteiger partial charge in [-0.3, -0.25) is 24.3 Å². The van der Waals surface area contributed by atoms with Crippen molar-refractivity contribution in [1.82, 2.24) is 29.9 Å². The van der Waals surface area contributed by atoms with Crippen LogP contribution in [0.3, 0.4) is 0 Å². The van der Waals surface area contributed by atoms with Crippen LogP contribution < -0.4 is 0 Å². The van der Waals surface area contributed by atoms with E-state index in [1.807, 2.05) is 74.5 Å². The summed E-state index contributed by atoms with van der Waals surface area (Å²) in [5, 5.41) is 1.80. The van der Waals surface area contributed by atoms with E-state index in [0.29, 0.717) is 53.4 Å². The minimum absolute atomic E-state index is 0. The quantitative estimate of drug-likeness (QED) is 0.125. The first kappa shape index (κ1) is 8.71. The van der Waals surface area contributed by atoms with Gasteiger partial charge in [0.05, 0.1) is 45.8 Å². The fourth-order valence-electron chi connectivity index (χ4n) is 12.9. The molecule has 0 unspecified atom stereocenters. The van der Waals surface area contributed by atoms with Crippen LogP contribution in [0.25, 0.3) is 76.8 Å². The van der Waals surface area contributed by atoms with Crippen molar-refractivity contribution in [1.29, 1.82) is 0 Å². The number of ether oxygens (including phenoxy) is 1. The molecule has 5 aliphatic rings. The summed E-state index contributed by atoms with van der Waals surface area (Å²) in [5.74, 6) is -0.689. The number of carbonyl (C=O) groups excluding carboxylic acids is 2. The van der Waals surface area contributed by atoms with Crippen LogP contribution in [0.2, 0.25) is 0 Å². The molecule has 0 spiro atoms. The van der Waals surface area contributed by atoms with Crippen molar-refractivity contribution in [3.63, 3.8) is 0 Å². The number of aromatic nitrogens is 6. The van der Waals surface area contributed by atoms with E-state index < -0.39 is 22.7 Å². The summed E-state index contributed by atoms with van der Waals surface area (Å²) in [6.45, 7) is 23.3. The van der Waals surface area contributed by atoms with E-state index in [0.717, 1.165) is 61.9 Å². The van der Waals surface area contributed by atoms with Gasteiger partial charge in [0.25, 0.3) is 5.78 Å². The molecule has 8 aromatic rings. The van der Waals surface area contributed by atoms with Crippen LogP contribution in [-0.2, 0) is 38.0 Å². The predicted octanol–water partition coefficient (Wildman–Crippen LogP) is 36.2. The number of hydrogen-bond acceptors (Lipinski definition) is 9. The Morgan fingerprint density at radius 1 is 0.644 bits per heavy atom. The van der Waals surface area contributed by atoms with Gasteiger partial charge in [0, 0.05) is 366 Å². The first-order valence-electron chi connectivity index (χ1n) is 123. The summed E-state index contributed by atoms with van der Waals surface area (Å²) in [6, 6.07) is 32.6. The maximum absolute atomic E-state index is 15.2. The number of Topliss-reactive ketones (excluding diaryl/α,β-unsaturated/α-hetero) is 2. The normalized spacial score (nSPS) is 37.1. The van der Waals surface area contributed by atoms with Gasteiger partial charge in [-0.25, -0.2) is 40.1 Å². The van der Waals surface area contributed by atoms with E-state index in [1.54, 1.807) is 54.9 Å². The minimum Gasteiger partial charge on any atom is -0.308 e. The molecule has 1 saturated carbocycles. The Bertz CT molecular complexity index is 4030. The molecular weight excluding hydrogens is 919 g/mol. The number of ketones is 2. The molecule has 73 heavy (non-hydrogen) atoms. The molecule has 4 aromatic carbocycles. The van der Waals surface area contributed by atoms with Gasteiger partial charge in [0.1, 0.15) is 11.6 Å². The van der Waals surface area contributed by atoms with Crippen molar-refractivity contribution in [3.8, 4) is 45.3 Å². The lowest BCUT2D eigenvalue weighted by molar-refractivity contribution is -0.130. The maximum atomic E-state index is 15.2. The van der Waals surface area contributed by atoms with Crippen molar-refractivity contribution in [2.24, 2.45) is 23.7 Å². The summed E-state index contributed by atoms with van der Waals surface area (Å²) < 4.78 is 1020. The van der Waals surface area contributed by atoms with Crippen molar-refractivity contribution in [2.45, 2.75) is 76.0 Å². The number of nitrogens with zero attached hydrogens (tertiary/aromatic N) is 8. The fraction of sp³-hybridized carbons (Fsp3) is 0.267. The highest BCUT2D eigenvalue weighted by molar-refractivity contribution is 6.01. The molecule has 2 fully saturated rings. The van der Waals surface area contributed by atoms with Crippen LogP contribution >= 0.6 is 0 Å². The predicted molar refractivity (Wildman–Crippen MR) is 481 cm³/mol. The van der Waals surface area contributed by atoms with E-state index in [9.17, 15) is 9.59 Å². The van der Waals surface area contributed by atoms with Gasteiger partial charge < -0.3 is 4.79 Å². The van der Waals surface area contributed by atoms with Gasteiger partial charge in [-0.2, -0.15) is 0 Å². The highest BCUT2D eigenvalue weighted by Gasteiger charge is 2.83. The highest BCUT2D eigenvalue weighted by Crippen LogP contribution is 2.63. The number of halogens is 2. The molecule has 13 heteroatoms. The number of para-hydroxylation sites is 2. The Balaban J connectivity index is -0.0000000154. The Hall–Kier alpha value is -8.26. The summed E-state index contributed by atoms with van der Waals surface area (Å²) in [5.41, 5.74) is 5.81. The van der Waals surface area contributed by atoms with Crippen LogP contribution in [0, 0.1) is 48.5 Å². The van der Waals surface area contributed by atoms with Gasteiger partial charge in [0.2, 0.25) is 5.70 Å². The summed E-state index contributed by atoms with van der Waals surface area (Å²) in [7, 11) is 0. The first-order valence-corrected chi connectivity index (χ1v) is 24.6. The highest BCUT2D eigenvalue weighted by atomic mass is 19.1. The monoisotopic (exact) mass is 1560 g/mol. The maximum Gasteiger partial charge on any atom is 0.424 e. The third kappa shape index (κ3) is 6.82. The average Bonchev–Trinajstić information content (AvgIpc) is 1.49. The topological polar surface area (TPSA) is 133 Å². The van der Waals surface area contributed by atoms with Gasteiger partial charge >= 0.3 is 5.72 Å². The lowest BCUT2D eigenvalue weighted by Gasteiger charge is -2.46. The Morgan fingerprint density at radius 2 is 1.15 bits per heavy atom. The summed E-state index contributed by atoms with van der Waals surface area (Å²) in [4.78, 5) is 62.4. The van der Waals surface area contributed by atoms with Crippen LogP contribution in [0.4, 0.5) is 8.78 Å². The number of carbonyl (C=O) groups is 2. The molecule has 4 aliphatic carbocycles. The number of rotatable bonds is 4. The van der Waals surface area contributed by atoms with Gasteiger partial charge in [-0.05, 0) is 86.1 Å². The second-order valence-electron chi connectivity index (χ2n) is 20.3. The molecule has 556 valence electrons. The average molecular weight is 1560 g/mol. The van der Waals surface area contributed by atoms with E-state index in [4.69, 9.17) is 329 Å². The van der Waals surface area contributed by atoms with Crippen LogP contribution in [-0.4, -0.2) is 53.3 Å². The van der Waals surface area contributed by atoms with E-state index in [-0.39, 0.29) is 54.0 Å². The number of epoxide rings is 1. The van der Waals surface area contributed by atoms with E-state index in [1.165, 1.54) is 12.1 Å². The molecule has 13 rings (SSSR count). The standard InChI is InChI=1S/C30H23FN4O2.C30H23FN4O.99H2/c1-16-21-13-12-20-24(19-9-4-6-10-22(19)31)34-27(18-14-15-33-23-11-7-5-8-17(18)23)35-25(20)29(21,2)28-30(32-3,37-28)26(16)36;1-17-22-13-12-21-26(20-9-4-6-10-23(20)31)34-29(19-14-15-33-24-11-7-5-8-18(19)24)35-28(21)30(22,2)16-25(32-3)27(17)36;;;;;;;;;;;;;;;;;;;;;;;;;;;;;;;;;;;;;;;;;;;;;;;;;;;;;;;;;;;;;;;;;;;;;;;;;;;;;;;;;;;;;;;;;;;;;;;;;;;/h4-11,14-16,21,28H,12-13H2,1-2H3;4-11,14-17,22H,12-13H2,1-2H3;99*1H/t16-,21-,28+,29-,30-;17-,22-,30-;;;;;;;;;;;;;;;;;;;;;;;;;;;;;;;;;;;;;;;;;;;;;;;;;;;;;;;;;;;;;;;;;;;;;;;;;;;;;;;;;;;;;;;;;;;;;;;;;;;/m11.................................................................................................../s1/i;;98*1+2T;1+2. The summed E-state index contributed by atoms with van der Waals surface area (Å²) in [6.07, 6.45) is 7.36. The SMILES string of the molecule is [3HH].[3H][3H].[3H][3H].[3H][3H].[3H][3H].[3H][3H].[3H][3H].[3H][3H].[3H][3H].[3H][3H].[3H][3H].[3H][3H].[3H][3H].[3H][3H].[3H][3H].[3H][3H].[3H][3H].[3H][3H].[3H][3H].[3H][3H].[3H][3H].[3H][3H].[3H][3H].[3H][3H].[3H][3H].[3H][3H].[3H][3H].[3H][3H].[3H][3H].[3H][3H].[3H][3H].[3H][3H].[3H][3H].[3H][3H].[3H][3H].[3H][3H].[3H][3H].[3H][3H].[3H][3H].[3H][3H].[3H][3H].[3H][3H].[3H][3H].[3H][3H].[3H][3H].[3H][3H].[3H][3H].[3H][3H].[3H][3H].[3H][3H].[3H][3H].[3H][3H].[3H][3H].[3H][3H].[3H][3H].[3H][3H].[3H][3H].[3H][3H].[3H][3H].[3H][3H].[3H][3H].[3H][3H].[3H][3H].[3H][3H].[3H][3H].[3H][3H].[3H][3H].[3H][3H].[3H][3H].[3H][3H].[3H][3H].[3H][3H].[3H][3H].[3H][3H].[3H][3H].[3H][3H].[3H][3H].[3H][3H].[3H][3H].[3H][3H].[3H][3H].[3H][3H].[3H][3H].[3H][3H].[3H][3H].[3H][3H].[3H][3H].[3H][3H].[3H][3H].[3H][3H].[3H][3H].[3H][3H].[3H][3H].[3H][3H].[3H][3H].[3H][3H].[3H][3H].[3H][3H].[3H][3H].[C-]#[N+]C1=C[C@@]2(C)c3nc(-c4ccnc5ccccc45)nc(-c4ccccc4F)c3CC[C@@H]2[C@@H](C)C1=O.[C-]#[N+][C@]12O[C@H]1[C@@]1(C)c3nc(-c4ccnc5ccccc45)nc(-c4ccccc4F)c3CC[C@@H]1[C@@H](C)C2=O. The smallest absolute Gasteiger partial charge is 0.308 e. The molecule has 1 aliphatic heterocycles. The third-order valence-corrected chi connectivity index (χ3v) is 16.5. The lowest BCUT2D eigenvalue weighted by Crippen LogP contribution is -2.55. The van der Waals surface area contributed by atoms with Crippen molar-refractivity contribution >= 4 is 33.4 Å². The molecule has 1 saturated heterocycles. The number of allylic oxidation sites excluding steroid dienone is 2. The molecule has 11 nitrogen and oxygen atoms in total. The second kappa shape index (κ2) is 16.9. The number of pyridine rings is 2. The summed E-state index contributed by atoms with van der Waals surface area (Å²) >= 11 is 0. The van der Waals surface area contributed by atoms with Crippen molar-refractivity contribution in [2.75, 3.05) is 0 Å². The Morgan fingerprint density at radius 3 is 1.70 bits per heavy atom. The largest absolute Gasteiger partial charge is 0.424 e. The number of hydrogen-bond donors (Lipinski definition) is 0. The molecule has 0 amide bonds. The van der Waals surface area contributed by atoms with Gasteiger partial charge in [0.15, 0.2) is 23.5 Å². The lowest BCUT2D eigenvalue weighted by atomic mass is 9.55. The van der Waals surface area contributed by atoms with E-state index >= 15 is 8.78 Å².